The van der Waals surface area contributed by atoms with Gasteiger partial charge in [-0.15, -0.1) is 0 Å². The van der Waals surface area contributed by atoms with Crippen LogP contribution in [-0.2, 0) is 16.6 Å². The lowest BCUT2D eigenvalue weighted by molar-refractivity contribution is 0.464. The van der Waals surface area contributed by atoms with E-state index in [9.17, 15) is 8.42 Å². The molecule has 0 unspecified atom stereocenters. The Morgan fingerprint density at radius 1 is 1.16 bits per heavy atom. The fourth-order valence-corrected chi connectivity index (χ4v) is 2.87. The molecule has 0 aliphatic rings. The minimum absolute atomic E-state index is 0.103. The average molecular weight is 277 g/mol. The first-order valence-electron chi connectivity index (χ1n) is 5.72. The number of hydrogen-bond acceptors (Lipinski definition) is 4. The predicted molar refractivity (Wildman–Crippen MR) is 73.7 cm³/mol. The van der Waals surface area contributed by atoms with Gasteiger partial charge in [-0.1, -0.05) is 30.3 Å². The molecule has 2 N–H and O–H groups in total. The van der Waals surface area contributed by atoms with Crippen molar-refractivity contribution in [3.05, 3.63) is 54.2 Å². The highest BCUT2D eigenvalue weighted by Gasteiger charge is 2.24. The van der Waals surface area contributed by atoms with Gasteiger partial charge < -0.3 is 5.73 Å². The number of aromatic nitrogens is 1. The zero-order chi connectivity index (χ0) is 13.9. The van der Waals surface area contributed by atoms with Gasteiger partial charge in [-0.05, 0) is 17.7 Å². The Bertz CT molecular complexity index is 657. The second kappa shape index (κ2) is 5.38. The summed E-state index contributed by atoms with van der Waals surface area (Å²) in [5, 5.41) is -0.103. The standard InChI is InChI=1S/C13H15N3O2S/c1-16(10-11-6-3-2-4-7-11)19(17,18)13-12(14)8-5-9-15-13/h2-9H,10,14H2,1H3. The van der Waals surface area contributed by atoms with Gasteiger partial charge >= 0.3 is 0 Å². The van der Waals surface area contributed by atoms with E-state index in [0.29, 0.717) is 0 Å². The summed E-state index contributed by atoms with van der Waals surface area (Å²) in [4.78, 5) is 3.86. The lowest BCUT2D eigenvalue weighted by Gasteiger charge is -2.17. The van der Waals surface area contributed by atoms with Gasteiger partial charge in [-0.3, -0.25) is 0 Å². The van der Waals surface area contributed by atoms with Gasteiger partial charge in [0, 0.05) is 19.8 Å². The highest BCUT2D eigenvalue weighted by molar-refractivity contribution is 7.89. The first-order chi connectivity index (χ1) is 9.01. The van der Waals surface area contributed by atoms with Gasteiger partial charge in [0.1, 0.15) is 0 Å². The van der Waals surface area contributed by atoms with Crippen LogP contribution < -0.4 is 5.73 Å². The van der Waals surface area contributed by atoms with Crippen LogP contribution in [0.2, 0.25) is 0 Å². The molecule has 2 rings (SSSR count). The molecular weight excluding hydrogens is 262 g/mol. The zero-order valence-corrected chi connectivity index (χ0v) is 11.3. The maximum atomic E-state index is 12.3. The Labute approximate surface area is 112 Å². The molecule has 100 valence electrons. The summed E-state index contributed by atoms with van der Waals surface area (Å²) in [5.74, 6) is 0. The molecule has 0 atom stereocenters. The molecule has 0 amide bonds. The van der Waals surface area contributed by atoms with Crippen LogP contribution in [0.25, 0.3) is 0 Å². The Morgan fingerprint density at radius 2 is 1.84 bits per heavy atom. The molecule has 0 saturated heterocycles. The van der Waals surface area contributed by atoms with E-state index in [1.54, 1.807) is 6.07 Å². The quantitative estimate of drug-likeness (QED) is 0.918. The van der Waals surface area contributed by atoms with Crippen LogP contribution in [-0.4, -0.2) is 24.8 Å². The molecule has 1 aromatic carbocycles. The molecule has 2 aromatic rings. The summed E-state index contributed by atoms with van der Waals surface area (Å²) in [6, 6.07) is 12.5. The third kappa shape index (κ3) is 2.91. The van der Waals surface area contributed by atoms with Crippen LogP contribution in [0.5, 0.6) is 0 Å². The van der Waals surface area contributed by atoms with E-state index in [4.69, 9.17) is 5.73 Å². The monoisotopic (exact) mass is 277 g/mol. The molecule has 0 spiro atoms. The Morgan fingerprint density at radius 3 is 2.47 bits per heavy atom. The van der Waals surface area contributed by atoms with Crippen molar-refractivity contribution in [2.75, 3.05) is 12.8 Å². The van der Waals surface area contributed by atoms with Crippen molar-refractivity contribution in [2.24, 2.45) is 0 Å². The van der Waals surface area contributed by atoms with E-state index in [0.717, 1.165) is 5.56 Å². The maximum absolute atomic E-state index is 12.3. The highest BCUT2D eigenvalue weighted by atomic mass is 32.2. The number of hydrogen-bond donors (Lipinski definition) is 1. The maximum Gasteiger partial charge on any atom is 0.262 e. The number of nitrogens with zero attached hydrogens (tertiary/aromatic N) is 2. The number of nitrogen functional groups attached to an aromatic ring is 1. The van der Waals surface area contributed by atoms with Crippen LogP contribution in [0.3, 0.4) is 0 Å². The molecule has 0 fully saturated rings. The third-order valence-corrected chi connectivity index (χ3v) is 4.48. The largest absolute Gasteiger partial charge is 0.396 e. The van der Waals surface area contributed by atoms with Gasteiger partial charge in [0.15, 0.2) is 5.03 Å². The van der Waals surface area contributed by atoms with E-state index < -0.39 is 10.0 Å². The first-order valence-corrected chi connectivity index (χ1v) is 7.16. The summed E-state index contributed by atoms with van der Waals surface area (Å²) in [7, 11) is -2.16. The Kier molecular flexibility index (Phi) is 3.82. The van der Waals surface area contributed by atoms with E-state index in [2.05, 4.69) is 4.98 Å². The SMILES string of the molecule is CN(Cc1ccccc1)S(=O)(=O)c1ncccc1N. The summed E-state index contributed by atoms with van der Waals surface area (Å²) in [6.45, 7) is 0.277. The van der Waals surface area contributed by atoms with Crippen molar-refractivity contribution in [2.45, 2.75) is 11.6 Å². The van der Waals surface area contributed by atoms with Crippen LogP contribution in [0.15, 0.2) is 53.7 Å². The topological polar surface area (TPSA) is 76.3 Å². The molecule has 0 radical (unpaired) electrons. The molecule has 19 heavy (non-hydrogen) atoms. The number of sulfonamides is 1. The van der Waals surface area contributed by atoms with Crippen molar-refractivity contribution >= 4 is 15.7 Å². The minimum atomic E-state index is -3.67. The van der Waals surface area contributed by atoms with Gasteiger partial charge in [0.05, 0.1) is 5.69 Å². The van der Waals surface area contributed by atoms with Crippen molar-refractivity contribution < 1.29 is 8.42 Å². The number of anilines is 1. The summed E-state index contributed by atoms with van der Waals surface area (Å²) >= 11 is 0. The van der Waals surface area contributed by atoms with Gasteiger partial charge in [0.25, 0.3) is 10.0 Å². The predicted octanol–water partition coefficient (Wildman–Crippen LogP) is 1.48. The number of rotatable bonds is 4. The first kappa shape index (κ1) is 13.5. The molecule has 1 heterocycles. The third-order valence-electron chi connectivity index (χ3n) is 2.70. The number of benzene rings is 1. The lowest BCUT2D eigenvalue weighted by Crippen LogP contribution is -2.28. The van der Waals surface area contributed by atoms with Crippen molar-refractivity contribution in [3.63, 3.8) is 0 Å². The van der Waals surface area contributed by atoms with E-state index in [-0.39, 0.29) is 17.3 Å². The van der Waals surface area contributed by atoms with Crippen molar-refractivity contribution in [1.29, 1.82) is 0 Å². The molecule has 0 bridgehead atoms. The smallest absolute Gasteiger partial charge is 0.262 e. The van der Waals surface area contributed by atoms with Crippen molar-refractivity contribution in [1.82, 2.24) is 9.29 Å². The van der Waals surface area contributed by atoms with E-state index in [1.165, 1.54) is 23.6 Å². The second-order valence-electron chi connectivity index (χ2n) is 4.14. The molecule has 0 aliphatic carbocycles. The second-order valence-corrected chi connectivity index (χ2v) is 6.10. The van der Waals surface area contributed by atoms with Gasteiger partial charge in [0.2, 0.25) is 0 Å². The average Bonchev–Trinajstić information content (AvgIpc) is 2.40. The fourth-order valence-electron chi connectivity index (χ4n) is 1.69. The summed E-state index contributed by atoms with van der Waals surface area (Å²) < 4.78 is 25.9. The van der Waals surface area contributed by atoms with Gasteiger partial charge in [-0.25, -0.2) is 13.4 Å². The Hall–Kier alpha value is -1.92. The molecule has 1 aromatic heterocycles. The molecule has 0 saturated carbocycles. The number of pyridine rings is 1. The Balaban J connectivity index is 2.28. The van der Waals surface area contributed by atoms with Crippen molar-refractivity contribution in [3.8, 4) is 0 Å². The van der Waals surface area contributed by atoms with Crippen LogP contribution in [0.4, 0.5) is 5.69 Å². The van der Waals surface area contributed by atoms with E-state index >= 15 is 0 Å². The number of nitrogens with two attached hydrogens (primary N) is 1. The van der Waals surface area contributed by atoms with E-state index in [1.807, 2.05) is 30.3 Å². The molecule has 0 aliphatic heterocycles. The van der Waals surface area contributed by atoms with Crippen LogP contribution in [0, 0.1) is 0 Å². The zero-order valence-electron chi connectivity index (χ0n) is 10.5. The summed E-state index contributed by atoms with van der Waals surface area (Å²) in [6.07, 6.45) is 1.42. The summed E-state index contributed by atoms with van der Waals surface area (Å²) in [5.41, 5.74) is 6.73. The van der Waals surface area contributed by atoms with Crippen LogP contribution in [0.1, 0.15) is 5.56 Å². The minimum Gasteiger partial charge on any atom is -0.396 e. The normalized spacial score (nSPS) is 11.7. The lowest BCUT2D eigenvalue weighted by atomic mass is 10.2. The molecule has 6 heteroatoms. The fraction of sp³-hybridized carbons (Fsp3) is 0.154. The highest BCUT2D eigenvalue weighted by Crippen LogP contribution is 2.19. The van der Waals surface area contributed by atoms with Crippen LogP contribution >= 0.6 is 0 Å². The van der Waals surface area contributed by atoms with Gasteiger partial charge in [-0.2, -0.15) is 4.31 Å². The molecule has 5 nitrogen and oxygen atoms in total. The molecular formula is C13H15N3O2S.